The summed E-state index contributed by atoms with van der Waals surface area (Å²) >= 11 is 0. The van der Waals surface area contributed by atoms with Gasteiger partial charge in [-0.3, -0.25) is 0 Å². The summed E-state index contributed by atoms with van der Waals surface area (Å²) in [6.45, 7) is 5.87. The van der Waals surface area contributed by atoms with Crippen LogP contribution < -0.4 is 10.6 Å². The first-order valence-corrected chi connectivity index (χ1v) is 12.7. The quantitative estimate of drug-likeness (QED) is 0.461. The molecule has 2 saturated carbocycles. The molecular weight excluding hydrogens is 416 g/mol. The van der Waals surface area contributed by atoms with E-state index in [0.717, 1.165) is 17.6 Å². The molecule has 3 rings (SSSR count). The standard InChI is InChI=1S/C15H21NO4.C12H23N/c1-15(2,3)9-12(13(17)18)16-14(19)20-10-11-7-5-4-6-8-11;1-3-7-11(8-4-1)13-12-9-5-2-6-10-12/h4-8,12H,9-10H2,1-3H3,(H,16,19)(H,17,18);11-13H,1-10H2. The Morgan fingerprint density at radius 1 is 0.939 bits per heavy atom. The topological polar surface area (TPSA) is 87.7 Å². The number of nitrogens with one attached hydrogen (secondary N) is 2. The van der Waals surface area contributed by atoms with Gasteiger partial charge < -0.3 is 20.5 Å². The summed E-state index contributed by atoms with van der Waals surface area (Å²) in [6, 6.07) is 10.0. The van der Waals surface area contributed by atoms with Gasteiger partial charge in [0.15, 0.2) is 0 Å². The lowest BCUT2D eigenvalue weighted by atomic mass is 9.88. The predicted octanol–water partition coefficient (Wildman–Crippen LogP) is 6.04. The highest BCUT2D eigenvalue weighted by molar-refractivity contribution is 5.79. The summed E-state index contributed by atoms with van der Waals surface area (Å²) < 4.78 is 5.01. The van der Waals surface area contributed by atoms with Crippen LogP contribution in [0.3, 0.4) is 0 Å². The summed E-state index contributed by atoms with van der Waals surface area (Å²) in [6.07, 6.45) is 14.2. The molecule has 2 aliphatic carbocycles. The maximum atomic E-state index is 11.6. The third kappa shape index (κ3) is 12.1. The van der Waals surface area contributed by atoms with Crippen LogP contribution in [-0.2, 0) is 16.1 Å². The number of rotatable bonds is 7. The predicted molar refractivity (Wildman–Crippen MR) is 132 cm³/mol. The van der Waals surface area contributed by atoms with Crippen molar-refractivity contribution in [3.63, 3.8) is 0 Å². The van der Waals surface area contributed by atoms with Crippen LogP contribution in [0.2, 0.25) is 0 Å². The zero-order valence-corrected chi connectivity index (χ0v) is 20.8. The van der Waals surface area contributed by atoms with Gasteiger partial charge in [-0.25, -0.2) is 9.59 Å². The number of carbonyl (C=O) groups excluding carboxylic acids is 1. The third-order valence-electron chi connectivity index (χ3n) is 6.30. The Labute approximate surface area is 199 Å². The number of alkyl carbamates (subject to hydrolysis) is 1. The average molecular weight is 461 g/mol. The van der Waals surface area contributed by atoms with Crippen LogP contribution in [0.1, 0.15) is 97.0 Å². The van der Waals surface area contributed by atoms with Crippen molar-refractivity contribution in [2.75, 3.05) is 0 Å². The number of carboxylic acids is 1. The van der Waals surface area contributed by atoms with E-state index >= 15 is 0 Å². The van der Waals surface area contributed by atoms with Gasteiger partial charge in [-0.2, -0.15) is 0 Å². The third-order valence-corrected chi connectivity index (χ3v) is 6.30. The fourth-order valence-electron chi connectivity index (χ4n) is 4.59. The van der Waals surface area contributed by atoms with E-state index in [-0.39, 0.29) is 12.0 Å². The molecule has 0 radical (unpaired) electrons. The van der Waals surface area contributed by atoms with Gasteiger partial charge in [-0.15, -0.1) is 0 Å². The molecule has 0 heterocycles. The molecule has 6 nitrogen and oxygen atoms in total. The molecule has 1 amide bonds. The minimum atomic E-state index is -1.06. The zero-order valence-electron chi connectivity index (χ0n) is 20.8. The van der Waals surface area contributed by atoms with Gasteiger partial charge in [0, 0.05) is 12.1 Å². The summed E-state index contributed by atoms with van der Waals surface area (Å²) in [5.41, 5.74) is 0.654. The van der Waals surface area contributed by atoms with Crippen molar-refractivity contribution in [1.29, 1.82) is 0 Å². The number of carbonyl (C=O) groups is 2. The van der Waals surface area contributed by atoms with Crippen LogP contribution in [0.25, 0.3) is 0 Å². The highest BCUT2D eigenvalue weighted by Crippen LogP contribution is 2.23. The molecule has 0 aliphatic heterocycles. The van der Waals surface area contributed by atoms with Crippen LogP contribution in [0.4, 0.5) is 4.79 Å². The molecule has 0 aromatic heterocycles. The van der Waals surface area contributed by atoms with E-state index in [2.05, 4.69) is 10.6 Å². The summed E-state index contributed by atoms with van der Waals surface area (Å²) in [5, 5.41) is 15.3. The van der Waals surface area contributed by atoms with E-state index in [0.29, 0.717) is 6.42 Å². The van der Waals surface area contributed by atoms with Crippen molar-refractivity contribution in [3.8, 4) is 0 Å². The summed E-state index contributed by atoms with van der Waals surface area (Å²) in [7, 11) is 0. The van der Waals surface area contributed by atoms with E-state index in [9.17, 15) is 9.59 Å². The SMILES string of the molecule is C1CCC(NC2CCCCC2)CC1.CC(C)(C)CC(NC(=O)OCc1ccccc1)C(=O)O. The van der Waals surface area contributed by atoms with E-state index in [1.165, 1.54) is 64.2 Å². The van der Waals surface area contributed by atoms with Gasteiger partial charge in [0.2, 0.25) is 0 Å². The summed E-state index contributed by atoms with van der Waals surface area (Å²) in [5.74, 6) is -1.06. The van der Waals surface area contributed by atoms with Crippen molar-refractivity contribution in [3.05, 3.63) is 35.9 Å². The van der Waals surface area contributed by atoms with Gasteiger partial charge in [-0.1, -0.05) is 89.6 Å². The van der Waals surface area contributed by atoms with Gasteiger partial charge in [0.05, 0.1) is 0 Å². The fourth-order valence-corrected chi connectivity index (χ4v) is 4.59. The molecule has 3 N–H and O–H groups in total. The Bertz CT molecular complexity index is 674. The molecule has 1 aromatic rings. The number of aliphatic carboxylic acids is 1. The van der Waals surface area contributed by atoms with Crippen molar-refractivity contribution < 1.29 is 19.4 Å². The minimum Gasteiger partial charge on any atom is -0.480 e. The fraction of sp³-hybridized carbons (Fsp3) is 0.704. The molecule has 1 unspecified atom stereocenters. The Balaban J connectivity index is 0.000000254. The van der Waals surface area contributed by atoms with Gasteiger partial charge in [0.1, 0.15) is 12.6 Å². The lowest BCUT2D eigenvalue weighted by molar-refractivity contribution is -0.140. The molecule has 1 atom stereocenters. The van der Waals surface area contributed by atoms with Crippen molar-refractivity contribution >= 4 is 12.1 Å². The molecule has 6 heteroatoms. The zero-order chi connectivity index (χ0) is 24.1. The maximum Gasteiger partial charge on any atom is 0.408 e. The first-order valence-electron chi connectivity index (χ1n) is 12.7. The van der Waals surface area contributed by atoms with E-state index in [4.69, 9.17) is 9.84 Å². The number of hydrogen-bond acceptors (Lipinski definition) is 4. The van der Waals surface area contributed by atoms with Crippen molar-refractivity contribution in [2.24, 2.45) is 5.41 Å². The van der Waals surface area contributed by atoms with E-state index < -0.39 is 18.1 Å². The maximum absolute atomic E-state index is 11.6. The monoisotopic (exact) mass is 460 g/mol. The molecule has 186 valence electrons. The lowest BCUT2D eigenvalue weighted by Crippen LogP contribution is -2.43. The average Bonchev–Trinajstić information content (AvgIpc) is 2.79. The molecule has 0 spiro atoms. The smallest absolute Gasteiger partial charge is 0.408 e. The normalized spacial score (nSPS) is 18.5. The first-order chi connectivity index (χ1) is 15.7. The Kier molecular flexibility index (Phi) is 11.7. The number of hydrogen-bond donors (Lipinski definition) is 3. The molecule has 0 saturated heterocycles. The Morgan fingerprint density at radius 3 is 1.91 bits per heavy atom. The molecule has 33 heavy (non-hydrogen) atoms. The Hall–Kier alpha value is -2.08. The van der Waals surface area contributed by atoms with Crippen LogP contribution >= 0.6 is 0 Å². The highest BCUT2D eigenvalue weighted by Gasteiger charge is 2.26. The second-order valence-corrected chi connectivity index (χ2v) is 10.7. The molecule has 2 fully saturated rings. The van der Waals surface area contributed by atoms with Gasteiger partial charge in [0.25, 0.3) is 0 Å². The van der Waals surface area contributed by atoms with Crippen molar-refractivity contribution in [1.82, 2.24) is 10.6 Å². The second-order valence-electron chi connectivity index (χ2n) is 10.7. The second kappa shape index (κ2) is 14.2. The van der Waals surface area contributed by atoms with E-state index in [1.807, 2.05) is 51.1 Å². The van der Waals surface area contributed by atoms with E-state index in [1.54, 1.807) is 0 Å². The van der Waals surface area contributed by atoms with Gasteiger partial charge in [-0.05, 0) is 43.1 Å². The lowest BCUT2D eigenvalue weighted by Gasteiger charge is -2.30. The van der Waals surface area contributed by atoms with Crippen LogP contribution in [0.5, 0.6) is 0 Å². The number of ether oxygens (including phenoxy) is 1. The van der Waals surface area contributed by atoms with Gasteiger partial charge >= 0.3 is 12.1 Å². The van der Waals surface area contributed by atoms with Crippen LogP contribution in [0, 0.1) is 5.41 Å². The highest BCUT2D eigenvalue weighted by atomic mass is 16.5. The molecular formula is C27H44N2O4. The number of amides is 1. The minimum absolute atomic E-state index is 0.120. The summed E-state index contributed by atoms with van der Waals surface area (Å²) in [4.78, 5) is 22.7. The number of benzene rings is 1. The molecule has 1 aromatic carbocycles. The number of carboxylic acid groups (broad SMARTS) is 1. The Morgan fingerprint density at radius 2 is 1.45 bits per heavy atom. The molecule has 0 bridgehead atoms. The largest absolute Gasteiger partial charge is 0.480 e. The first kappa shape index (κ1) is 27.2. The van der Waals surface area contributed by atoms with Crippen molar-refractivity contribution in [2.45, 2.75) is 116 Å². The molecule has 2 aliphatic rings. The van der Waals surface area contributed by atoms with Crippen LogP contribution in [-0.4, -0.2) is 35.3 Å². The van der Waals surface area contributed by atoms with Crippen LogP contribution in [0.15, 0.2) is 30.3 Å².